The van der Waals surface area contributed by atoms with E-state index in [-0.39, 0.29) is 5.91 Å². The van der Waals surface area contributed by atoms with Crippen molar-refractivity contribution < 1.29 is 4.79 Å². The number of likely N-dealkylation sites (tertiary alicyclic amines) is 1. The number of anilines is 1. The molecule has 25 heavy (non-hydrogen) atoms. The summed E-state index contributed by atoms with van der Waals surface area (Å²) >= 11 is 0. The van der Waals surface area contributed by atoms with Crippen LogP contribution in [0.4, 0.5) is 5.69 Å². The Kier molecular flexibility index (Phi) is 4.19. The highest BCUT2D eigenvalue weighted by molar-refractivity contribution is 6.03. The van der Waals surface area contributed by atoms with Gasteiger partial charge in [0, 0.05) is 30.7 Å². The molecule has 3 heterocycles. The first kappa shape index (κ1) is 15.8. The van der Waals surface area contributed by atoms with E-state index in [4.69, 9.17) is 0 Å². The zero-order valence-electron chi connectivity index (χ0n) is 14.3. The molecule has 0 aliphatic carbocycles. The number of benzene rings is 1. The Morgan fingerprint density at radius 2 is 2.08 bits per heavy atom. The molecular weight excluding hydrogens is 314 g/mol. The second-order valence-electron chi connectivity index (χ2n) is 6.54. The maximum atomic E-state index is 12.6. The van der Waals surface area contributed by atoms with Crippen LogP contribution < -0.4 is 5.32 Å². The van der Waals surface area contributed by atoms with Crippen LogP contribution in [0.25, 0.3) is 5.65 Å². The van der Waals surface area contributed by atoms with Crippen molar-refractivity contribution in [3.05, 3.63) is 59.5 Å². The average molecular weight is 335 g/mol. The molecule has 0 atom stereocenters. The van der Waals surface area contributed by atoms with Crippen LogP contribution in [0.15, 0.2) is 42.7 Å². The first-order valence-corrected chi connectivity index (χ1v) is 8.63. The molecule has 1 aliphatic rings. The van der Waals surface area contributed by atoms with Gasteiger partial charge in [-0.15, -0.1) is 0 Å². The van der Waals surface area contributed by atoms with Crippen LogP contribution in [0.3, 0.4) is 0 Å². The van der Waals surface area contributed by atoms with Gasteiger partial charge in [-0.2, -0.15) is 5.10 Å². The fourth-order valence-corrected chi connectivity index (χ4v) is 3.23. The minimum absolute atomic E-state index is 0.216. The van der Waals surface area contributed by atoms with Crippen LogP contribution in [0.2, 0.25) is 0 Å². The second kappa shape index (κ2) is 6.64. The first-order valence-electron chi connectivity index (χ1n) is 8.63. The van der Waals surface area contributed by atoms with Crippen molar-refractivity contribution in [3.8, 4) is 0 Å². The Balaban J connectivity index is 1.53. The standard InChI is InChI=1S/C19H21N5O/c1-14-5-6-15(13-23-8-2-3-9-23)11-16(14)21-19(25)17-12-18-20-7-4-10-24(18)22-17/h4-7,10-12H,2-3,8-9,13H2,1H3,(H,21,25). The molecule has 1 aliphatic heterocycles. The van der Waals surface area contributed by atoms with Crippen LogP contribution >= 0.6 is 0 Å². The van der Waals surface area contributed by atoms with E-state index in [1.165, 1.54) is 18.4 Å². The zero-order valence-corrected chi connectivity index (χ0v) is 14.3. The zero-order chi connectivity index (χ0) is 17.2. The summed E-state index contributed by atoms with van der Waals surface area (Å²) in [7, 11) is 0. The third kappa shape index (κ3) is 3.39. The number of amides is 1. The Hall–Kier alpha value is -2.73. The molecular formula is C19H21N5O. The lowest BCUT2D eigenvalue weighted by Gasteiger charge is -2.16. The number of fused-ring (bicyclic) bond motifs is 1. The molecule has 0 bridgehead atoms. The lowest BCUT2D eigenvalue weighted by atomic mass is 10.1. The lowest BCUT2D eigenvalue weighted by Crippen LogP contribution is -2.19. The summed E-state index contributed by atoms with van der Waals surface area (Å²) in [5.74, 6) is -0.216. The van der Waals surface area contributed by atoms with Gasteiger partial charge in [0.2, 0.25) is 0 Å². The van der Waals surface area contributed by atoms with E-state index in [2.05, 4.69) is 38.5 Å². The van der Waals surface area contributed by atoms with Gasteiger partial charge in [0.25, 0.3) is 5.91 Å². The van der Waals surface area contributed by atoms with Gasteiger partial charge in [0.05, 0.1) is 0 Å². The van der Waals surface area contributed by atoms with Gasteiger partial charge in [-0.1, -0.05) is 12.1 Å². The normalized spacial score (nSPS) is 14.9. The molecule has 2 aromatic heterocycles. The van der Waals surface area contributed by atoms with Crippen LogP contribution in [0.5, 0.6) is 0 Å². The molecule has 0 spiro atoms. The maximum Gasteiger partial charge on any atom is 0.276 e. The number of hydrogen-bond acceptors (Lipinski definition) is 4. The van der Waals surface area contributed by atoms with Gasteiger partial charge in [-0.3, -0.25) is 9.69 Å². The molecule has 0 unspecified atom stereocenters. The number of rotatable bonds is 4. The average Bonchev–Trinajstić information content (AvgIpc) is 3.27. The predicted octanol–water partition coefficient (Wildman–Crippen LogP) is 2.89. The third-order valence-corrected chi connectivity index (χ3v) is 4.62. The molecule has 1 fully saturated rings. The minimum atomic E-state index is -0.216. The largest absolute Gasteiger partial charge is 0.320 e. The van der Waals surface area contributed by atoms with Crippen LogP contribution in [0.1, 0.15) is 34.5 Å². The van der Waals surface area contributed by atoms with Crippen molar-refractivity contribution >= 4 is 17.2 Å². The molecule has 128 valence electrons. The van der Waals surface area contributed by atoms with E-state index in [0.29, 0.717) is 11.3 Å². The van der Waals surface area contributed by atoms with Crippen LogP contribution in [0, 0.1) is 6.92 Å². The summed E-state index contributed by atoms with van der Waals surface area (Å²) in [6.07, 6.45) is 6.01. The Morgan fingerprint density at radius 3 is 2.88 bits per heavy atom. The van der Waals surface area contributed by atoms with Crippen molar-refractivity contribution in [3.63, 3.8) is 0 Å². The number of carbonyl (C=O) groups excluding carboxylic acids is 1. The first-order chi connectivity index (χ1) is 12.2. The van der Waals surface area contributed by atoms with Gasteiger partial charge in [-0.25, -0.2) is 9.50 Å². The summed E-state index contributed by atoms with van der Waals surface area (Å²) in [6, 6.07) is 9.75. The van der Waals surface area contributed by atoms with Crippen LogP contribution in [-0.2, 0) is 6.54 Å². The SMILES string of the molecule is Cc1ccc(CN2CCCC2)cc1NC(=O)c1cc2ncccn2n1. The molecule has 6 nitrogen and oxygen atoms in total. The van der Waals surface area contributed by atoms with E-state index >= 15 is 0 Å². The van der Waals surface area contributed by atoms with E-state index in [0.717, 1.165) is 30.9 Å². The Bertz CT molecular complexity index is 878. The summed E-state index contributed by atoms with van der Waals surface area (Å²) in [6.45, 7) is 5.25. The number of aromatic nitrogens is 3. The van der Waals surface area contributed by atoms with Gasteiger partial charge in [0.15, 0.2) is 11.3 Å². The number of aryl methyl sites for hydroxylation is 1. The van der Waals surface area contributed by atoms with E-state index in [1.807, 2.05) is 6.92 Å². The monoisotopic (exact) mass is 335 g/mol. The molecule has 1 saturated heterocycles. The van der Waals surface area contributed by atoms with Gasteiger partial charge in [-0.05, 0) is 56.1 Å². The third-order valence-electron chi connectivity index (χ3n) is 4.62. The van der Waals surface area contributed by atoms with Gasteiger partial charge >= 0.3 is 0 Å². The molecule has 4 rings (SSSR count). The van der Waals surface area contributed by atoms with Gasteiger partial charge in [0.1, 0.15) is 0 Å². The molecule has 0 radical (unpaired) electrons. The summed E-state index contributed by atoms with van der Waals surface area (Å²) in [5, 5.41) is 7.27. The predicted molar refractivity (Wildman–Crippen MR) is 96.6 cm³/mol. The van der Waals surface area contributed by atoms with Crippen molar-refractivity contribution in [2.45, 2.75) is 26.3 Å². The van der Waals surface area contributed by atoms with Crippen molar-refractivity contribution in [1.29, 1.82) is 0 Å². The molecule has 1 aromatic carbocycles. The molecule has 0 saturated carbocycles. The highest BCUT2D eigenvalue weighted by atomic mass is 16.1. The number of hydrogen-bond donors (Lipinski definition) is 1. The fraction of sp³-hybridized carbons (Fsp3) is 0.316. The minimum Gasteiger partial charge on any atom is -0.320 e. The molecule has 3 aromatic rings. The molecule has 6 heteroatoms. The lowest BCUT2D eigenvalue weighted by molar-refractivity contribution is 0.102. The van der Waals surface area contributed by atoms with Gasteiger partial charge < -0.3 is 5.32 Å². The van der Waals surface area contributed by atoms with Crippen LogP contribution in [-0.4, -0.2) is 38.5 Å². The number of nitrogens with zero attached hydrogens (tertiary/aromatic N) is 4. The van der Waals surface area contributed by atoms with E-state index in [1.54, 1.807) is 29.0 Å². The van der Waals surface area contributed by atoms with E-state index < -0.39 is 0 Å². The highest BCUT2D eigenvalue weighted by Gasteiger charge is 2.15. The number of nitrogens with one attached hydrogen (secondary N) is 1. The molecule has 1 amide bonds. The van der Waals surface area contributed by atoms with Crippen molar-refractivity contribution in [1.82, 2.24) is 19.5 Å². The van der Waals surface area contributed by atoms with E-state index in [9.17, 15) is 4.79 Å². The maximum absolute atomic E-state index is 12.6. The molecule has 1 N–H and O–H groups in total. The second-order valence-corrected chi connectivity index (χ2v) is 6.54. The van der Waals surface area contributed by atoms with Crippen molar-refractivity contribution in [2.24, 2.45) is 0 Å². The fourth-order valence-electron chi connectivity index (χ4n) is 3.23. The number of carbonyl (C=O) groups is 1. The highest BCUT2D eigenvalue weighted by Crippen LogP contribution is 2.20. The topological polar surface area (TPSA) is 62.5 Å². The van der Waals surface area contributed by atoms with Crippen molar-refractivity contribution in [2.75, 3.05) is 18.4 Å². The smallest absolute Gasteiger partial charge is 0.276 e. The summed E-state index contributed by atoms with van der Waals surface area (Å²) in [5.41, 5.74) is 4.13. The quantitative estimate of drug-likeness (QED) is 0.796. The summed E-state index contributed by atoms with van der Waals surface area (Å²) in [4.78, 5) is 19.2. The Labute approximate surface area is 146 Å². The Morgan fingerprint density at radius 1 is 1.24 bits per heavy atom. The summed E-state index contributed by atoms with van der Waals surface area (Å²) < 4.78 is 1.60.